The van der Waals surface area contributed by atoms with Crippen LogP contribution in [0.3, 0.4) is 0 Å². The molecule has 0 spiro atoms. The van der Waals surface area contributed by atoms with E-state index in [1.165, 1.54) is 89.9 Å². The average Bonchev–Trinajstić information content (AvgIpc) is 2.67. The molecule has 0 bridgehead atoms. The summed E-state index contributed by atoms with van der Waals surface area (Å²) in [6, 6.07) is 6.43. The van der Waals surface area contributed by atoms with Gasteiger partial charge in [0.2, 0.25) is 0 Å². The summed E-state index contributed by atoms with van der Waals surface area (Å²) in [6.45, 7) is 9.10. The van der Waals surface area contributed by atoms with Crippen molar-refractivity contribution in [2.24, 2.45) is 0 Å². The van der Waals surface area contributed by atoms with Gasteiger partial charge in [0.15, 0.2) is 0 Å². The maximum Gasteiger partial charge on any atom is 0.122 e. The summed E-state index contributed by atoms with van der Waals surface area (Å²) in [5, 5.41) is 10.9. The van der Waals surface area contributed by atoms with E-state index in [-0.39, 0.29) is 0 Å². The molecule has 0 aliphatic heterocycles. The maximum absolute atomic E-state index is 10.9. The van der Waals surface area contributed by atoms with Crippen molar-refractivity contribution in [2.75, 3.05) is 0 Å². The molecule has 0 aromatic heterocycles. The zero-order valence-electron chi connectivity index (χ0n) is 18.7. The lowest BCUT2D eigenvalue weighted by Crippen LogP contribution is -2.00. The molecule has 0 saturated heterocycles. The van der Waals surface area contributed by atoms with Crippen molar-refractivity contribution in [1.29, 1.82) is 0 Å². The fourth-order valence-electron chi connectivity index (χ4n) is 4.15. The van der Waals surface area contributed by atoms with E-state index in [4.69, 9.17) is 0 Å². The third kappa shape index (κ3) is 9.67. The van der Waals surface area contributed by atoms with Crippen LogP contribution >= 0.6 is 0 Å². The molecule has 156 valence electrons. The Kier molecular flexibility index (Phi) is 13.4. The predicted molar refractivity (Wildman–Crippen MR) is 121 cm³/mol. The molecule has 0 amide bonds. The molecule has 1 aromatic rings. The molecule has 1 N–H and O–H groups in total. The van der Waals surface area contributed by atoms with E-state index in [1.807, 2.05) is 0 Å². The third-order valence-electron chi connectivity index (χ3n) is 6.14. The summed E-state index contributed by atoms with van der Waals surface area (Å²) in [5.74, 6) is 1.49. The SMILES string of the molecule is CCCCCCCC[C@H](C)c1cccc([C@@H](C)CCCCCCCC)c1O. The zero-order valence-corrected chi connectivity index (χ0v) is 18.7. The Balaban J connectivity index is 2.44. The van der Waals surface area contributed by atoms with Crippen LogP contribution in [-0.2, 0) is 0 Å². The van der Waals surface area contributed by atoms with Gasteiger partial charge in [-0.2, -0.15) is 0 Å². The van der Waals surface area contributed by atoms with Crippen LogP contribution in [-0.4, -0.2) is 5.11 Å². The van der Waals surface area contributed by atoms with Gasteiger partial charge in [-0.05, 0) is 35.8 Å². The van der Waals surface area contributed by atoms with Crippen LogP contribution in [0.15, 0.2) is 18.2 Å². The maximum atomic E-state index is 10.9. The minimum absolute atomic E-state index is 0.456. The van der Waals surface area contributed by atoms with Crippen LogP contribution in [0.25, 0.3) is 0 Å². The quantitative estimate of drug-likeness (QED) is 0.286. The number of unbranched alkanes of at least 4 members (excludes halogenated alkanes) is 10. The van der Waals surface area contributed by atoms with Crippen molar-refractivity contribution < 1.29 is 5.11 Å². The first-order chi connectivity index (χ1) is 13.1. The first kappa shape index (κ1) is 24.1. The fourth-order valence-corrected chi connectivity index (χ4v) is 4.15. The van der Waals surface area contributed by atoms with Gasteiger partial charge in [0.05, 0.1) is 0 Å². The molecule has 0 radical (unpaired) electrons. The summed E-state index contributed by atoms with van der Waals surface area (Å²) in [6.07, 6.45) is 18.4. The van der Waals surface area contributed by atoms with E-state index < -0.39 is 0 Å². The monoisotopic (exact) mass is 374 g/mol. The second-order valence-electron chi connectivity index (χ2n) is 8.70. The van der Waals surface area contributed by atoms with Crippen molar-refractivity contribution >= 4 is 0 Å². The average molecular weight is 375 g/mol. The highest BCUT2D eigenvalue weighted by Crippen LogP contribution is 2.37. The van der Waals surface area contributed by atoms with Crippen molar-refractivity contribution in [3.63, 3.8) is 0 Å². The topological polar surface area (TPSA) is 20.2 Å². The molecule has 0 saturated carbocycles. The highest BCUT2D eigenvalue weighted by Gasteiger charge is 2.16. The van der Waals surface area contributed by atoms with Crippen molar-refractivity contribution in [3.05, 3.63) is 29.3 Å². The number of phenolic OH excluding ortho intramolecular Hbond substituents is 1. The van der Waals surface area contributed by atoms with Gasteiger partial charge in [0, 0.05) is 0 Å². The Bertz CT molecular complexity index is 439. The van der Waals surface area contributed by atoms with E-state index in [2.05, 4.69) is 45.9 Å². The van der Waals surface area contributed by atoms with E-state index in [0.29, 0.717) is 17.6 Å². The second-order valence-corrected chi connectivity index (χ2v) is 8.70. The summed E-state index contributed by atoms with van der Waals surface area (Å²) in [5.41, 5.74) is 2.33. The Morgan fingerprint density at radius 2 is 1.00 bits per heavy atom. The van der Waals surface area contributed by atoms with E-state index >= 15 is 0 Å². The molecule has 2 atom stereocenters. The van der Waals surface area contributed by atoms with Gasteiger partial charge in [-0.3, -0.25) is 0 Å². The zero-order chi connectivity index (χ0) is 19.9. The molecule has 0 heterocycles. The van der Waals surface area contributed by atoms with Crippen LogP contribution in [0.5, 0.6) is 5.75 Å². The van der Waals surface area contributed by atoms with Crippen molar-refractivity contribution in [3.8, 4) is 5.75 Å². The van der Waals surface area contributed by atoms with Crippen LogP contribution < -0.4 is 0 Å². The highest BCUT2D eigenvalue weighted by atomic mass is 16.3. The summed E-state index contributed by atoms with van der Waals surface area (Å²) in [7, 11) is 0. The molecule has 1 rings (SSSR count). The molecule has 27 heavy (non-hydrogen) atoms. The molecule has 1 heteroatoms. The Hall–Kier alpha value is -0.980. The minimum atomic E-state index is 0.456. The van der Waals surface area contributed by atoms with Gasteiger partial charge in [0.25, 0.3) is 0 Å². The van der Waals surface area contributed by atoms with Gasteiger partial charge in [-0.25, -0.2) is 0 Å². The lowest BCUT2D eigenvalue weighted by atomic mass is 9.87. The molecular formula is C26H46O. The van der Waals surface area contributed by atoms with Gasteiger partial charge in [-0.1, -0.05) is 123 Å². The molecule has 0 unspecified atom stereocenters. The number of para-hydroxylation sites is 1. The highest BCUT2D eigenvalue weighted by molar-refractivity contribution is 5.44. The fraction of sp³-hybridized carbons (Fsp3) is 0.769. The number of phenols is 1. The van der Waals surface area contributed by atoms with Crippen LogP contribution in [0.4, 0.5) is 0 Å². The lowest BCUT2D eigenvalue weighted by Gasteiger charge is -2.19. The summed E-state index contributed by atoms with van der Waals surface area (Å²) >= 11 is 0. The molecule has 0 aliphatic rings. The van der Waals surface area contributed by atoms with Gasteiger partial charge >= 0.3 is 0 Å². The normalized spacial score (nSPS) is 13.6. The second kappa shape index (κ2) is 15.0. The van der Waals surface area contributed by atoms with Gasteiger partial charge in [0.1, 0.15) is 5.75 Å². The molecule has 0 aliphatic carbocycles. The van der Waals surface area contributed by atoms with Gasteiger partial charge in [-0.15, -0.1) is 0 Å². The first-order valence-corrected chi connectivity index (χ1v) is 11.9. The summed E-state index contributed by atoms with van der Waals surface area (Å²) < 4.78 is 0. The number of benzene rings is 1. The predicted octanol–water partition coefficient (Wildman–Crippen LogP) is 9.10. The minimum Gasteiger partial charge on any atom is -0.507 e. The van der Waals surface area contributed by atoms with Crippen LogP contribution in [0, 0.1) is 0 Å². The number of hydrogen-bond acceptors (Lipinski definition) is 1. The third-order valence-corrected chi connectivity index (χ3v) is 6.14. The van der Waals surface area contributed by atoms with Crippen molar-refractivity contribution in [2.45, 2.75) is 129 Å². The number of aromatic hydroxyl groups is 1. The Morgan fingerprint density at radius 3 is 1.41 bits per heavy atom. The Morgan fingerprint density at radius 1 is 0.630 bits per heavy atom. The smallest absolute Gasteiger partial charge is 0.122 e. The summed E-state index contributed by atoms with van der Waals surface area (Å²) in [4.78, 5) is 0. The Labute approximate surface area is 170 Å². The largest absolute Gasteiger partial charge is 0.507 e. The van der Waals surface area contributed by atoms with E-state index in [0.717, 1.165) is 11.1 Å². The first-order valence-electron chi connectivity index (χ1n) is 11.9. The lowest BCUT2D eigenvalue weighted by molar-refractivity contribution is 0.441. The molecule has 1 nitrogen and oxygen atoms in total. The number of rotatable bonds is 16. The number of hydrogen-bond donors (Lipinski definition) is 1. The molecule has 0 fully saturated rings. The van der Waals surface area contributed by atoms with E-state index in [9.17, 15) is 5.11 Å². The van der Waals surface area contributed by atoms with Gasteiger partial charge < -0.3 is 5.11 Å². The standard InChI is InChI=1S/C26H46O/c1-5-7-9-11-13-15-18-22(3)24-20-17-21-25(26(24)27)23(4)19-16-14-12-10-8-6-2/h17,20-23,27H,5-16,18-19H2,1-4H3/t22-,23-/m0/s1. The van der Waals surface area contributed by atoms with Crippen LogP contribution in [0.1, 0.15) is 141 Å². The molecule has 1 aromatic carbocycles. The molecular weight excluding hydrogens is 328 g/mol. The van der Waals surface area contributed by atoms with Crippen molar-refractivity contribution in [1.82, 2.24) is 0 Å². The van der Waals surface area contributed by atoms with E-state index in [1.54, 1.807) is 0 Å². The van der Waals surface area contributed by atoms with Crippen LogP contribution in [0.2, 0.25) is 0 Å².